The van der Waals surface area contributed by atoms with E-state index < -0.39 is 6.03 Å². The van der Waals surface area contributed by atoms with Crippen LogP contribution < -0.4 is 16.4 Å². The number of amides is 2. The van der Waals surface area contributed by atoms with Crippen LogP contribution in [-0.2, 0) is 0 Å². The van der Waals surface area contributed by atoms with E-state index in [0.717, 1.165) is 5.56 Å². The molecule has 0 heterocycles. The van der Waals surface area contributed by atoms with Gasteiger partial charge in [0.2, 0.25) is 0 Å². The average molecular weight is 265 g/mol. The van der Waals surface area contributed by atoms with Crippen molar-refractivity contribution in [3.8, 4) is 12.3 Å². The molecule has 0 atom stereocenters. The van der Waals surface area contributed by atoms with Crippen LogP contribution in [0.15, 0.2) is 23.2 Å². The number of halogens is 1. The highest BCUT2D eigenvalue weighted by atomic mass is 35.5. The van der Waals surface area contributed by atoms with Crippen LogP contribution >= 0.6 is 11.6 Å². The Labute approximate surface area is 110 Å². The maximum Gasteiger partial charge on any atom is 0.326 e. The Morgan fingerprint density at radius 1 is 1.61 bits per heavy atom. The standard InChI is InChI=1S/C12H13ClN4O/c1-3-7-15-11(14)17-12(18)16-10-8(2)5-4-6-9(10)13/h1,4-6H,7H2,2H3,(H4,14,15,16,17,18). The van der Waals surface area contributed by atoms with Crippen LogP contribution in [0.3, 0.4) is 0 Å². The lowest BCUT2D eigenvalue weighted by Gasteiger charge is -2.10. The molecule has 0 saturated heterocycles. The molecule has 1 aromatic rings. The molecule has 1 rings (SSSR count). The van der Waals surface area contributed by atoms with Crippen LogP contribution in [0.4, 0.5) is 10.5 Å². The summed E-state index contributed by atoms with van der Waals surface area (Å²) in [6, 6.07) is 4.78. The van der Waals surface area contributed by atoms with Gasteiger partial charge in [-0.2, -0.15) is 0 Å². The van der Waals surface area contributed by atoms with Crippen LogP contribution in [0.25, 0.3) is 0 Å². The lowest BCUT2D eigenvalue weighted by molar-refractivity contribution is 0.256. The number of terminal acetylenes is 1. The van der Waals surface area contributed by atoms with E-state index in [4.69, 9.17) is 23.8 Å². The van der Waals surface area contributed by atoms with Gasteiger partial charge in [-0.3, -0.25) is 5.32 Å². The summed E-state index contributed by atoms with van der Waals surface area (Å²) in [5.41, 5.74) is 6.81. The second-order valence-electron chi connectivity index (χ2n) is 3.42. The quantitative estimate of drug-likeness (QED) is 0.432. The number of para-hydroxylation sites is 1. The monoisotopic (exact) mass is 264 g/mol. The fraction of sp³-hybridized carbons (Fsp3) is 0.167. The van der Waals surface area contributed by atoms with Gasteiger partial charge in [-0.15, -0.1) is 6.42 Å². The first-order valence-electron chi connectivity index (χ1n) is 5.11. The molecular formula is C12H13ClN4O. The van der Waals surface area contributed by atoms with Crippen molar-refractivity contribution < 1.29 is 4.79 Å². The lowest BCUT2D eigenvalue weighted by Crippen LogP contribution is -2.39. The van der Waals surface area contributed by atoms with Crippen molar-refractivity contribution in [1.82, 2.24) is 5.32 Å². The molecule has 2 amide bonds. The van der Waals surface area contributed by atoms with E-state index in [1.807, 2.05) is 13.0 Å². The predicted molar refractivity (Wildman–Crippen MR) is 73.7 cm³/mol. The average Bonchev–Trinajstić information content (AvgIpc) is 2.31. The van der Waals surface area contributed by atoms with E-state index in [1.165, 1.54) is 0 Å². The largest absolute Gasteiger partial charge is 0.370 e. The van der Waals surface area contributed by atoms with Gasteiger partial charge in [-0.25, -0.2) is 9.79 Å². The fourth-order valence-electron chi connectivity index (χ4n) is 1.22. The van der Waals surface area contributed by atoms with Gasteiger partial charge >= 0.3 is 6.03 Å². The Morgan fingerprint density at radius 3 is 2.94 bits per heavy atom. The minimum absolute atomic E-state index is 0.0462. The number of carbonyl (C=O) groups is 1. The summed E-state index contributed by atoms with van der Waals surface area (Å²) in [6.45, 7) is 1.94. The normalized spacial score (nSPS) is 10.6. The summed E-state index contributed by atoms with van der Waals surface area (Å²) in [5.74, 6) is 2.23. The van der Waals surface area contributed by atoms with E-state index in [1.54, 1.807) is 12.1 Å². The van der Waals surface area contributed by atoms with E-state index >= 15 is 0 Å². The van der Waals surface area contributed by atoms with Gasteiger partial charge in [0.05, 0.1) is 10.7 Å². The zero-order valence-corrected chi connectivity index (χ0v) is 10.6. The van der Waals surface area contributed by atoms with Crippen molar-refractivity contribution in [2.45, 2.75) is 6.92 Å². The lowest BCUT2D eigenvalue weighted by atomic mass is 10.2. The summed E-state index contributed by atoms with van der Waals surface area (Å²) >= 11 is 5.96. The highest BCUT2D eigenvalue weighted by Crippen LogP contribution is 2.24. The molecule has 18 heavy (non-hydrogen) atoms. The number of urea groups is 1. The molecule has 1 aromatic carbocycles. The number of nitrogens with two attached hydrogens (primary N) is 1. The molecule has 0 aliphatic heterocycles. The van der Waals surface area contributed by atoms with Crippen molar-refractivity contribution >= 4 is 29.3 Å². The van der Waals surface area contributed by atoms with E-state index in [0.29, 0.717) is 10.7 Å². The molecule has 5 nitrogen and oxygen atoms in total. The van der Waals surface area contributed by atoms with Crippen molar-refractivity contribution in [2.75, 3.05) is 11.9 Å². The molecule has 0 aliphatic rings. The third kappa shape index (κ3) is 4.00. The van der Waals surface area contributed by atoms with Gasteiger partial charge in [0.25, 0.3) is 0 Å². The summed E-state index contributed by atoms with van der Waals surface area (Å²) in [6.07, 6.45) is 5.01. The molecule has 94 valence electrons. The number of benzene rings is 1. The molecule has 0 unspecified atom stereocenters. The molecular weight excluding hydrogens is 252 g/mol. The van der Waals surface area contributed by atoms with Crippen molar-refractivity contribution in [2.24, 2.45) is 10.7 Å². The summed E-state index contributed by atoms with van der Waals surface area (Å²) < 4.78 is 0. The van der Waals surface area contributed by atoms with Crippen LogP contribution in [0, 0.1) is 19.3 Å². The van der Waals surface area contributed by atoms with Gasteiger partial charge in [0.1, 0.15) is 6.54 Å². The second kappa shape index (κ2) is 6.52. The maximum absolute atomic E-state index is 11.6. The third-order valence-corrected chi connectivity index (χ3v) is 2.36. The third-order valence-electron chi connectivity index (χ3n) is 2.04. The SMILES string of the molecule is C#CCN=C(N)NC(=O)Nc1c(C)cccc1Cl. The number of anilines is 1. The molecule has 0 saturated carbocycles. The van der Waals surface area contributed by atoms with Crippen LogP contribution in [0.5, 0.6) is 0 Å². The number of aryl methyl sites for hydroxylation is 1. The smallest absolute Gasteiger partial charge is 0.326 e. The Hall–Kier alpha value is -2.19. The number of nitrogens with zero attached hydrogens (tertiary/aromatic N) is 1. The summed E-state index contributed by atoms with van der Waals surface area (Å²) in [4.78, 5) is 15.3. The number of hydrogen-bond donors (Lipinski definition) is 3. The van der Waals surface area contributed by atoms with Crippen LogP contribution in [0.1, 0.15) is 5.56 Å². The molecule has 0 bridgehead atoms. The van der Waals surface area contributed by atoms with Gasteiger partial charge in [-0.05, 0) is 18.6 Å². The minimum atomic E-state index is -0.524. The van der Waals surface area contributed by atoms with Crippen molar-refractivity contribution in [3.05, 3.63) is 28.8 Å². The molecule has 0 radical (unpaired) electrons. The zero-order chi connectivity index (χ0) is 13.5. The van der Waals surface area contributed by atoms with E-state index in [9.17, 15) is 4.79 Å². The van der Waals surface area contributed by atoms with Crippen LogP contribution in [0.2, 0.25) is 5.02 Å². The Balaban J connectivity index is 2.69. The number of hydrogen-bond acceptors (Lipinski definition) is 2. The zero-order valence-electron chi connectivity index (χ0n) is 9.83. The second-order valence-corrected chi connectivity index (χ2v) is 3.82. The predicted octanol–water partition coefficient (Wildman–Crippen LogP) is 1.72. The molecule has 6 heteroatoms. The summed E-state index contributed by atoms with van der Waals surface area (Å²) in [5, 5.41) is 5.38. The van der Waals surface area contributed by atoms with Crippen molar-refractivity contribution in [1.29, 1.82) is 0 Å². The molecule has 0 aromatic heterocycles. The van der Waals surface area contributed by atoms with Crippen molar-refractivity contribution in [3.63, 3.8) is 0 Å². The first-order valence-corrected chi connectivity index (χ1v) is 5.49. The Bertz CT molecular complexity index is 499. The highest BCUT2D eigenvalue weighted by molar-refractivity contribution is 6.34. The molecule has 0 aliphatic carbocycles. The number of aliphatic imine (C=N–C) groups is 1. The molecule has 0 fully saturated rings. The fourth-order valence-corrected chi connectivity index (χ4v) is 1.49. The molecule has 0 spiro atoms. The Kier molecular flexibility index (Phi) is 5.03. The van der Waals surface area contributed by atoms with E-state index in [-0.39, 0.29) is 12.5 Å². The van der Waals surface area contributed by atoms with E-state index in [2.05, 4.69) is 21.5 Å². The molecule has 4 N–H and O–H groups in total. The topological polar surface area (TPSA) is 79.5 Å². The Morgan fingerprint density at radius 2 is 2.33 bits per heavy atom. The van der Waals surface area contributed by atoms with Gasteiger partial charge < -0.3 is 11.1 Å². The number of carbonyl (C=O) groups excluding carboxylic acids is 1. The van der Waals surface area contributed by atoms with Gasteiger partial charge in [0.15, 0.2) is 5.96 Å². The highest BCUT2D eigenvalue weighted by Gasteiger charge is 2.08. The maximum atomic E-state index is 11.6. The first-order chi connectivity index (χ1) is 8.54. The first kappa shape index (κ1) is 13.9. The minimum Gasteiger partial charge on any atom is -0.370 e. The number of rotatable bonds is 2. The van der Waals surface area contributed by atoms with Crippen LogP contribution in [-0.4, -0.2) is 18.5 Å². The number of nitrogens with one attached hydrogen (secondary N) is 2. The van der Waals surface area contributed by atoms with Gasteiger partial charge in [-0.1, -0.05) is 29.7 Å². The van der Waals surface area contributed by atoms with Gasteiger partial charge in [0, 0.05) is 0 Å². The number of guanidine groups is 1. The summed E-state index contributed by atoms with van der Waals surface area (Å²) in [7, 11) is 0.